The molecule has 0 saturated heterocycles. The number of hydrogen-bond donors (Lipinski definition) is 0. The second-order valence-electron chi connectivity index (χ2n) is 4.46. The largest absolute Gasteiger partial charge is 0.490 e. The lowest BCUT2D eigenvalue weighted by Crippen LogP contribution is -2.08. The third kappa shape index (κ3) is 1.77. The Morgan fingerprint density at radius 2 is 2.00 bits per heavy atom. The normalized spacial score (nSPS) is 12.8. The maximum Gasteiger partial charge on any atom is 0.415 e. The van der Waals surface area contributed by atoms with Gasteiger partial charge in [-0.25, -0.2) is 4.79 Å². The molecule has 1 aliphatic heterocycles. The fourth-order valence-corrected chi connectivity index (χ4v) is 2.48. The first-order valence-electron chi connectivity index (χ1n) is 6.08. The molecule has 0 N–H and O–H groups in total. The molecule has 10 heteroatoms. The van der Waals surface area contributed by atoms with E-state index in [1.807, 2.05) is 0 Å². The van der Waals surface area contributed by atoms with Crippen LogP contribution >= 0.6 is 0 Å². The molecule has 1 aliphatic rings. The highest BCUT2D eigenvalue weighted by Gasteiger charge is 2.35. The molecule has 3 rings (SSSR count). The van der Waals surface area contributed by atoms with Gasteiger partial charge in [-0.1, -0.05) is 0 Å². The molecule has 22 heavy (non-hydrogen) atoms. The van der Waals surface area contributed by atoms with Gasteiger partial charge in [-0.15, -0.1) is 0 Å². The van der Waals surface area contributed by atoms with Crippen LogP contribution in [0.4, 0.5) is 11.4 Å². The van der Waals surface area contributed by atoms with Gasteiger partial charge in [0.2, 0.25) is 5.75 Å². The van der Waals surface area contributed by atoms with Gasteiger partial charge in [0.15, 0.2) is 11.3 Å². The molecule has 0 unspecified atom stereocenters. The van der Waals surface area contributed by atoms with Crippen molar-refractivity contribution in [3.05, 3.63) is 42.3 Å². The Morgan fingerprint density at radius 1 is 1.27 bits per heavy atom. The summed E-state index contributed by atoms with van der Waals surface area (Å²) < 4.78 is 15.3. The average Bonchev–Trinajstić information content (AvgIpc) is 2.91. The van der Waals surface area contributed by atoms with E-state index < -0.39 is 21.2 Å². The van der Waals surface area contributed by atoms with Crippen LogP contribution in [0.15, 0.2) is 15.3 Å². The minimum Gasteiger partial charge on any atom is -0.490 e. The number of hydrogen-bond acceptors (Lipinski definition) is 8. The van der Waals surface area contributed by atoms with E-state index in [1.165, 1.54) is 7.11 Å². The van der Waals surface area contributed by atoms with Crippen LogP contribution in [-0.2, 0) is 6.42 Å². The first kappa shape index (κ1) is 13.8. The Bertz CT molecular complexity index is 885. The van der Waals surface area contributed by atoms with Gasteiger partial charge in [0.1, 0.15) is 5.39 Å². The van der Waals surface area contributed by atoms with Crippen molar-refractivity contribution in [1.29, 1.82) is 0 Å². The van der Waals surface area contributed by atoms with E-state index in [2.05, 4.69) is 0 Å². The highest BCUT2D eigenvalue weighted by atomic mass is 16.6. The number of nitrogens with zero attached hydrogens (tertiary/aromatic N) is 2. The number of nitro benzene ring substituents is 1. The van der Waals surface area contributed by atoms with Gasteiger partial charge in [0.05, 0.1) is 29.1 Å². The van der Waals surface area contributed by atoms with E-state index in [0.29, 0.717) is 0 Å². The van der Waals surface area contributed by atoms with Crippen LogP contribution in [0.3, 0.4) is 0 Å². The third-order valence-electron chi connectivity index (χ3n) is 3.34. The lowest BCUT2D eigenvalue weighted by atomic mass is 10.0. The summed E-state index contributed by atoms with van der Waals surface area (Å²) in [4.78, 5) is 32.2. The molecule has 10 nitrogen and oxygen atoms in total. The van der Waals surface area contributed by atoms with Crippen LogP contribution in [0.25, 0.3) is 11.0 Å². The van der Waals surface area contributed by atoms with Crippen molar-refractivity contribution in [2.75, 3.05) is 13.7 Å². The Balaban J connectivity index is 2.55. The summed E-state index contributed by atoms with van der Waals surface area (Å²) in [6.07, 6.45) is 0.255. The second kappa shape index (κ2) is 4.69. The van der Waals surface area contributed by atoms with Crippen LogP contribution < -0.4 is 15.1 Å². The molecule has 0 amide bonds. The third-order valence-corrected chi connectivity index (χ3v) is 3.34. The average molecular weight is 308 g/mol. The molecule has 0 radical (unpaired) electrons. The molecule has 2 heterocycles. The zero-order chi connectivity index (χ0) is 16.0. The van der Waals surface area contributed by atoms with Crippen LogP contribution in [0, 0.1) is 20.2 Å². The molecule has 0 aliphatic carbocycles. The number of methoxy groups -OCH3 is 1. The van der Waals surface area contributed by atoms with Crippen LogP contribution in [-0.4, -0.2) is 23.6 Å². The summed E-state index contributed by atoms with van der Waals surface area (Å²) in [6, 6.07) is 0.834. The summed E-state index contributed by atoms with van der Waals surface area (Å²) in [6.45, 7) is 0.204. The van der Waals surface area contributed by atoms with Gasteiger partial charge in [-0.05, 0) is 0 Å². The lowest BCUT2D eigenvalue weighted by Gasteiger charge is -2.10. The molecular formula is C12H8N2O8. The van der Waals surface area contributed by atoms with E-state index in [0.717, 1.165) is 6.07 Å². The minimum atomic E-state index is -1.22. The van der Waals surface area contributed by atoms with E-state index in [-0.39, 0.29) is 46.7 Å². The predicted molar refractivity (Wildman–Crippen MR) is 71.5 cm³/mol. The Kier molecular flexibility index (Phi) is 2.94. The van der Waals surface area contributed by atoms with Crippen molar-refractivity contribution in [2.24, 2.45) is 0 Å². The van der Waals surface area contributed by atoms with Crippen molar-refractivity contribution >= 4 is 22.3 Å². The maximum absolute atomic E-state index is 11.6. The SMILES string of the molecule is COc1c2c(c([N+](=O)[O-])c3cc([N+](=O)[O-])c(=O)oc13)CCO2. The van der Waals surface area contributed by atoms with Gasteiger partial charge in [-0.3, -0.25) is 20.2 Å². The topological polar surface area (TPSA) is 135 Å². The summed E-state index contributed by atoms with van der Waals surface area (Å²) in [7, 11) is 1.28. The highest BCUT2D eigenvalue weighted by Crippen LogP contribution is 2.48. The summed E-state index contributed by atoms with van der Waals surface area (Å²) in [5.41, 5.74) is -2.46. The summed E-state index contributed by atoms with van der Waals surface area (Å²) in [5, 5.41) is 22.0. The monoisotopic (exact) mass is 308 g/mol. The molecule has 0 fully saturated rings. The van der Waals surface area contributed by atoms with Gasteiger partial charge in [0.25, 0.3) is 5.69 Å². The van der Waals surface area contributed by atoms with Crippen LogP contribution in [0.5, 0.6) is 11.5 Å². The number of benzene rings is 1. The molecule has 0 saturated carbocycles. The molecule has 2 aromatic rings. The summed E-state index contributed by atoms with van der Waals surface area (Å²) >= 11 is 0. The predicted octanol–water partition coefficient (Wildman–Crippen LogP) is 1.55. The number of ether oxygens (including phenoxy) is 2. The lowest BCUT2D eigenvalue weighted by molar-refractivity contribution is -0.388. The Morgan fingerprint density at radius 3 is 2.59 bits per heavy atom. The molecule has 1 aromatic heterocycles. The molecule has 1 aromatic carbocycles. The van der Waals surface area contributed by atoms with Crippen molar-refractivity contribution in [1.82, 2.24) is 0 Å². The molecule has 114 valence electrons. The zero-order valence-electron chi connectivity index (χ0n) is 11.2. The van der Waals surface area contributed by atoms with E-state index in [4.69, 9.17) is 13.9 Å². The van der Waals surface area contributed by atoms with Gasteiger partial charge < -0.3 is 13.9 Å². The van der Waals surface area contributed by atoms with Crippen LogP contribution in [0.2, 0.25) is 0 Å². The van der Waals surface area contributed by atoms with Crippen molar-refractivity contribution < 1.29 is 23.7 Å². The van der Waals surface area contributed by atoms with E-state index in [1.54, 1.807) is 0 Å². The second-order valence-corrected chi connectivity index (χ2v) is 4.46. The van der Waals surface area contributed by atoms with Crippen molar-refractivity contribution in [2.45, 2.75) is 6.42 Å². The van der Waals surface area contributed by atoms with E-state index in [9.17, 15) is 25.0 Å². The summed E-state index contributed by atoms with van der Waals surface area (Å²) in [5.74, 6) is 0.138. The fraction of sp³-hybridized carbons (Fsp3) is 0.250. The zero-order valence-corrected chi connectivity index (χ0v) is 11.2. The first-order chi connectivity index (χ1) is 10.5. The van der Waals surface area contributed by atoms with E-state index >= 15 is 0 Å². The van der Waals surface area contributed by atoms with Gasteiger partial charge >= 0.3 is 11.3 Å². The number of nitro groups is 2. The highest BCUT2D eigenvalue weighted by molar-refractivity contribution is 5.96. The van der Waals surface area contributed by atoms with Gasteiger partial charge in [0, 0.05) is 12.5 Å². The standard InChI is InChI=1S/C12H8N2O8/c1-20-11-9-5(2-3-21-9)8(14(18)19)6-4-7(13(16)17)12(15)22-10(6)11/h4H,2-3H2,1H3. The Hall–Kier alpha value is -3.17. The smallest absolute Gasteiger partial charge is 0.415 e. The maximum atomic E-state index is 11.6. The quantitative estimate of drug-likeness (QED) is 0.473. The molecule has 0 spiro atoms. The first-order valence-corrected chi connectivity index (χ1v) is 6.08. The molecular weight excluding hydrogens is 300 g/mol. The Labute approximate surface area is 121 Å². The number of fused-ring (bicyclic) bond motifs is 2. The fourth-order valence-electron chi connectivity index (χ4n) is 2.48. The van der Waals surface area contributed by atoms with Crippen LogP contribution in [0.1, 0.15) is 5.56 Å². The molecule has 0 atom stereocenters. The van der Waals surface area contributed by atoms with Crippen molar-refractivity contribution in [3.8, 4) is 11.5 Å². The van der Waals surface area contributed by atoms with Crippen molar-refractivity contribution in [3.63, 3.8) is 0 Å². The molecule has 0 bridgehead atoms. The number of rotatable bonds is 3. The van der Waals surface area contributed by atoms with Gasteiger partial charge in [-0.2, -0.15) is 0 Å². The minimum absolute atomic E-state index is 0.0140.